The second kappa shape index (κ2) is 3.75. The van der Waals surface area contributed by atoms with Crippen LogP contribution in [0.5, 0.6) is 0 Å². The predicted molar refractivity (Wildman–Crippen MR) is 45.8 cm³/mol. The van der Waals surface area contributed by atoms with Gasteiger partial charge in [0.1, 0.15) is 6.04 Å². The van der Waals surface area contributed by atoms with Gasteiger partial charge in [0.15, 0.2) is 0 Å². The zero-order valence-electron chi connectivity index (χ0n) is 6.64. The van der Waals surface area contributed by atoms with Crippen LogP contribution in [0.15, 0.2) is 5.29 Å². The first-order valence-electron chi connectivity index (χ1n) is 3.54. The van der Waals surface area contributed by atoms with Gasteiger partial charge in [-0.3, -0.25) is 0 Å². The number of rotatable bonds is 3. The minimum absolute atomic E-state index is 0.212. The van der Waals surface area contributed by atoms with Crippen molar-refractivity contribution in [2.24, 2.45) is 5.29 Å². The van der Waals surface area contributed by atoms with Gasteiger partial charge in [-0.2, -0.15) is 11.8 Å². The van der Waals surface area contributed by atoms with Crippen molar-refractivity contribution < 1.29 is 9.90 Å². The molecule has 1 rings (SSSR count). The van der Waals surface area contributed by atoms with Crippen LogP contribution in [0.2, 0.25) is 0 Å². The molecule has 0 spiro atoms. The molecule has 0 radical (unpaired) electrons. The molecule has 0 aromatic heterocycles. The Morgan fingerprint density at radius 2 is 2.42 bits per heavy atom. The highest BCUT2D eigenvalue weighted by atomic mass is 32.2. The molecular weight excluding hydrogens is 180 g/mol. The summed E-state index contributed by atoms with van der Waals surface area (Å²) < 4.78 is 0. The van der Waals surface area contributed by atoms with Crippen molar-refractivity contribution in [1.82, 2.24) is 5.01 Å². The zero-order valence-corrected chi connectivity index (χ0v) is 7.45. The molecule has 0 amide bonds. The molecule has 68 valence electrons. The fourth-order valence-corrected chi connectivity index (χ4v) is 1.95. The van der Waals surface area contributed by atoms with E-state index in [4.69, 9.17) is 5.11 Å². The SMILES string of the molecule is CS[C@@H]1C[C@@H](C(=O)O)N(N=O)C1. The summed E-state index contributed by atoms with van der Waals surface area (Å²) in [4.78, 5) is 20.8. The minimum Gasteiger partial charge on any atom is -0.480 e. The Morgan fingerprint density at radius 1 is 1.75 bits per heavy atom. The molecule has 2 atom stereocenters. The third-order valence-corrected chi connectivity index (χ3v) is 2.97. The van der Waals surface area contributed by atoms with Crippen LogP contribution in [-0.2, 0) is 4.79 Å². The van der Waals surface area contributed by atoms with E-state index in [2.05, 4.69) is 5.29 Å². The third-order valence-electron chi connectivity index (χ3n) is 1.96. The topological polar surface area (TPSA) is 70.0 Å². The molecule has 0 aromatic rings. The van der Waals surface area contributed by atoms with E-state index < -0.39 is 12.0 Å². The maximum Gasteiger partial charge on any atom is 0.328 e. The van der Waals surface area contributed by atoms with Gasteiger partial charge >= 0.3 is 5.97 Å². The summed E-state index contributed by atoms with van der Waals surface area (Å²) in [7, 11) is 0. The Hall–Kier alpha value is -0.780. The highest BCUT2D eigenvalue weighted by Gasteiger charge is 2.36. The summed E-state index contributed by atoms with van der Waals surface area (Å²) in [5.41, 5.74) is 0. The van der Waals surface area contributed by atoms with Crippen LogP contribution in [0.25, 0.3) is 0 Å². The molecule has 1 aliphatic heterocycles. The summed E-state index contributed by atoms with van der Waals surface area (Å²) in [6, 6.07) is -0.722. The van der Waals surface area contributed by atoms with Crippen molar-refractivity contribution in [2.45, 2.75) is 17.7 Å². The predicted octanol–water partition coefficient (Wildman–Crippen LogP) is 0.558. The normalized spacial score (nSPS) is 28.9. The number of hydrogen-bond acceptors (Lipinski definition) is 4. The van der Waals surface area contributed by atoms with E-state index in [1.54, 1.807) is 11.8 Å². The van der Waals surface area contributed by atoms with Crippen LogP contribution < -0.4 is 0 Å². The van der Waals surface area contributed by atoms with E-state index in [1.807, 2.05) is 6.26 Å². The molecule has 0 bridgehead atoms. The Morgan fingerprint density at radius 3 is 2.75 bits per heavy atom. The average Bonchev–Trinajstić information content (AvgIpc) is 2.47. The van der Waals surface area contributed by atoms with E-state index in [0.29, 0.717) is 13.0 Å². The molecule has 1 fully saturated rings. The van der Waals surface area contributed by atoms with E-state index in [-0.39, 0.29) is 5.25 Å². The summed E-state index contributed by atoms with van der Waals surface area (Å²) >= 11 is 1.57. The van der Waals surface area contributed by atoms with Crippen LogP contribution >= 0.6 is 11.8 Å². The largest absolute Gasteiger partial charge is 0.480 e. The van der Waals surface area contributed by atoms with Crippen LogP contribution in [0, 0.1) is 4.91 Å². The van der Waals surface area contributed by atoms with Gasteiger partial charge < -0.3 is 5.11 Å². The first kappa shape index (κ1) is 9.31. The van der Waals surface area contributed by atoms with Crippen LogP contribution in [0.1, 0.15) is 6.42 Å². The average molecular weight is 190 g/mol. The number of aliphatic carboxylic acids is 1. The lowest BCUT2D eigenvalue weighted by Gasteiger charge is -2.11. The molecule has 1 aliphatic rings. The lowest BCUT2D eigenvalue weighted by atomic mass is 10.2. The van der Waals surface area contributed by atoms with Crippen molar-refractivity contribution in [3.05, 3.63) is 4.91 Å². The second-order valence-electron chi connectivity index (χ2n) is 2.65. The van der Waals surface area contributed by atoms with Crippen molar-refractivity contribution in [3.8, 4) is 0 Å². The molecule has 6 heteroatoms. The Labute approximate surface area is 74.1 Å². The van der Waals surface area contributed by atoms with E-state index >= 15 is 0 Å². The molecular formula is C6H10N2O3S. The second-order valence-corrected chi connectivity index (χ2v) is 3.79. The Kier molecular flexibility index (Phi) is 2.91. The first-order chi connectivity index (χ1) is 5.69. The van der Waals surface area contributed by atoms with E-state index in [1.165, 1.54) is 0 Å². The number of nitroso groups, excluding NO2 is 1. The zero-order chi connectivity index (χ0) is 9.14. The molecule has 5 nitrogen and oxygen atoms in total. The number of carboxylic acid groups (broad SMARTS) is 1. The van der Waals surface area contributed by atoms with Gasteiger partial charge in [-0.05, 0) is 12.7 Å². The van der Waals surface area contributed by atoms with Gasteiger partial charge in [0, 0.05) is 5.25 Å². The number of carboxylic acids is 1. The standard InChI is InChI=1S/C6H10N2O3S/c1-12-4-2-5(6(9)10)8(3-4)7-11/h4-5H,2-3H2,1H3,(H,9,10)/t4-,5+/m1/s1. The monoisotopic (exact) mass is 190 g/mol. The van der Waals surface area contributed by atoms with Crippen molar-refractivity contribution >= 4 is 17.7 Å². The number of hydrogen-bond donors (Lipinski definition) is 1. The van der Waals surface area contributed by atoms with Crippen molar-refractivity contribution in [3.63, 3.8) is 0 Å². The maximum atomic E-state index is 10.6. The molecule has 0 aromatic carbocycles. The van der Waals surface area contributed by atoms with Gasteiger partial charge in [-0.15, -0.1) is 4.91 Å². The number of nitrogens with zero attached hydrogens (tertiary/aromatic N) is 2. The fourth-order valence-electron chi connectivity index (χ4n) is 1.27. The lowest BCUT2D eigenvalue weighted by Crippen LogP contribution is -2.31. The molecule has 0 saturated carbocycles. The van der Waals surface area contributed by atoms with Crippen LogP contribution in [0.4, 0.5) is 0 Å². The van der Waals surface area contributed by atoms with Crippen LogP contribution in [-0.4, -0.2) is 40.2 Å². The molecule has 1 heterocycles. The highest BCUT2D eigenvalue weighted by Crippen LogP contribution is 2.25. The number of thioether (sulfide) groups is 1. The van der Waals surface area contributed by atoms with Gasteiger partial charge in [0.2, 0.25) is 0 Å². The van der Waals surface area contributed by atoms with Crippen LogP contribution in [0.3, 0.4) is 0 Å². The smallest absolute Gasteiger partial charge is 0.328 e. The van der Waals surface area contributed by atoms with Crippen molar-refractivity contribution in [1.29, 1.82) is 0 Å². The molecule has 12 heavy (non-hydrogen) atoms. The van der Waals surface area contributed by atoms with Gasteiger partial charge in [0.25, 0.3) is 0 Å². The Balaban J connectivity index is 2.62. The summed E-state index contributed by atoms with van der Waals surface area (Å²) in [6.45, 7) is 0.446. The molecule has 0 aliphatic carbocycles. The minimum atomic E-state index is -0.967. The summed E-state index contributed by atoms with van der Waals surface area (Å²) in [5.74, 6) is -0.967. The summed E-state index contributed by atoms with van der Waals surface area (Å²) in [6.07, 6.45) is 2.40. The molecule has 1 N–H and O–H groups in total. The first-order valence-corrected chi connectivity index (χ1v) is 4.83. The number of carbonyl (C=O) groups is 1. The van der Waals surface area contributed by atoms with E-state index in [0.717, 1.165) is 5.01 Å². The summed E-state index contributed by atoms with van der Waals surface area (Å²) in [5, 5.41) is 12.7. The van der Waals surface area contributed by atoms with Gasteiger partial charge in [-0.1, -0.05) is 0 Å². The van der Waals surface area contributed by atoms with E-state index in [9.17, 15) is 9.70 Å². The van der Waals surface area contributed by atoms with Gasteiger partial charge in [-0.25, -0.2) is 9.80 Å². The fraction of sp³-hybridized carbons (Fsp3) is 0.833. The maximum absolute atomic E-state index is 10.6. The Bertz CT molecular complexity index is 199. The highest BCUT2D eigenvalue weighted by molar-refractivity contribution is 7.99. The molecule has 1 saturated heterocycles. The third kappa shape index (κ3) is 1.69. The van der Waals surface area contributed by atoms with Gasteiger partial charge in [0.05, 0.1) is 11.8 Å². The quantitative estimate of drug-likeness (QED) is 0.658. The lowest BCUT2D eigenvalue weighted by molar-refractivity contribution is -0.142. The molecule has 0 unspecified atom stereocenters. The van der Waals surface area contributed by atoms with Crippen molar-refractivity contribution in [2.75, 3.05) is 12.8 Å².